The maximum Gasteiger partial charge on any atom is 0.226 e. The Hall–Kier alpha value is -1.62. The van der Waals surface area contributed by atoms with Crippen molar-refractivity contribution in [1.29, 1.82) is 0 Å². The van der Waals surface area contributed by atoms with Crippen molar-refractivity contribution < 1.29 is 9.53 Å². The van der Waals surface area contributed by atoms with Gasteiger partial charge in [-0.05, 0) is 50.9 Å². The average molecular weight is 345 g/mol. The summed E-state index contributed by atoms with van der Waals surface area (Å²) in [6.45, 7) is 3.16. The SMILES string of the molecule is COc1ccc(CC(=O)NCC2(N3CCCCC3)CCCCC2)nc1. The summed E-state index contributed by atoms with van der Waals surface area (Å²) >= 11 is 0. The van der Waals surface area contributed by atoms with Crippen LogP contribution in [-0.4, -0.2) is 48.1 Å². The van der Waals surface area contributed by atoms with Gasteiger partial charge in [0.25, 0.3) is 0 Å². The number of hydrogen-bond donors (Lipinski definition) is 1. The molecule has 0 spiro atoms. The normalized spacial score (nSPS) is 20.8. The number of aromatic nitrogens is 1. The Labute approximate surface area is 151 Å². The fraction of sp³-hybridized carbons (Fsp3) is 0.700. The van der Waals surface area contributed by atoms with Gasteiger partial charge >= 0.3 is 0 Å². The minimum Gasteiger partial charge on any atom is -0.495 e. The molecule has 5 nitrogen and oxygen atoms in total. The van der Waals surface area contributed by atoms with Crippen LogP contribution in [-0.2, 0) is 11.2 Å². The smallest absolute Gasteiger partial charge is 0.226 e. The van der Waals surface area contributed by atoms with E-state index in [0.717, 1.165) is 18.0 Å². The molecule has 1 amide bonds. The lowest BCUT2D eigenvalue weighted by molar-refractivity contribution is -0.121. The number of amides is 1. The number of nitrogens with zero attached hydrogens (tertiary/aromatic N) is 2. The zero-order valence-electron chi connectivity index (χ0n) is 15.4. The van der Waals surface area contributed by atoms with Crippen molar-refractivity contribution in [3.05, 3.63) is 24.0 Å². The number of piperidine rings is 1. The molecule has 138 valence electrons. The van der Waals surface area contributed by atoms with Gasteiger partial charge in [0.2, 0.25) is 5.91 Å². The molecule has 1 saturated carbocycles. The molecule has 2 aliphatic rings. The van der Waals surface area contributed by atoms with Crippen LogP contribution in [0.5, 0.6) is 5.75 Å². The molecule has 1 aliphatic heterocycles. The summed E-state index contributed by atoms with van der Waals surface area (Å²) in [5, 5.41) is 3.22. The van der Waals surface area contributed by atoms with E-state index in [0.29, 0.717) is 6.42 Å². The van der Waals surface area contributed by atoms with Crippen LogP contribution in [0.25, 0.3) is 0 Å². The Morgan fingerprint density at radius 1 is 1.16 bits per heavy atom. The minimum absolute atomic E-state index is 0.0691. The van der Waals surface area contributed by atoms with E-state index in [2.05, 4.69) is 15.2 Å². The highest BCUT2D eigenvalue weighted by molar-refractivity contribution is 5.78. The Balaban J connectivity index is 1.57. The molecule has 0 radical (unpaired) electrons. The molecule has 1 aromatic heterocycles. The molecule has 2 heterocycles. The second-order valence-electron chi connectivity index (χ2n) is 7.48. The molecule has 1 aromatic rings. The number of pyridine rings is 1. The third-order valence-corrected chi connectivity index (χ3v) is 5.80. The number of likely N-dealkylation sites (tertiary alicyclic amines) is 1. The molecule has 0 aromatic carbocycles. The zero-order valence-corrected chi connectivity index (χ0v) is 15.4. The predicted octanol–water partition coefficient (Wildman–Crippen LogP) is 2.94. The number of rotatable bonds is 6. The van der Waals surface area contributed by atoms with E-state index < -0.39 is 0 Å². The van der Waals surface area contributed by atoms with E-state index in [1.807, 2.05) is 12.1 Å². The first-order chi connectivity index (χ1) is 12.2. The van der Waals surface area contributed by atoms with Gasteiger partial charge in [0.15, 0.2) is 0 Å². The summed E-state index contributed by atoms with van der Waals surface area (Å²) < 4.78 is 5.11. The number of ether oxygens (including phenoxy) is 1. The van der Waals surface area contributed by atoms with Crippen LogP contribution in [0.15, 0.2) is 18.3 Å². The van der Waals surface area contributed by atoms with Crippen LogP contribution >= 0.6 is 0 Å². The zero-order chi connectivity index (χ0) is 17.5. The maximum absolute atomic E-state index is 12.4. The van der Waals surface area contributed by atoms with Crippen molar-refractivity contribution in [1.82, 2.24) is 15.2 Å². The Bertz CT molecular complexity index is 547. The van der Waals surface area contributed by atoms with Gasteiger partial charge in [-0.1, -0.05) is 25.7 Å². The fourth-order valence-electron chi connectivity index (χ4n) is 4.31. The summed E-state index contributed by atoms with van der Waals surface area (Å²) in [7, 11) is 1.62. The third-order valence-electron chi connectivity index (χ3n) is 5.80. The second-order valence-corrected chi connectivity index (χ2v) is 7.48. The van der Waals surface area contributed by atoms with E-state index in [1.165, 1.54) is 64.5 Å². The van der Waals surface area contributed by atoms with Crippen molar-refractivity contribution >= 4 is 5.91 Å². The summed E-state index contributed by atoms with van der Waals surface area (Å²) in [5.41, 5.74) is 0.968. The van der Waals surface area contributed by atoms with Gasteiger partial charge in [0.1, 0.15) is 5.75 Å². The van der Waals surface area contributed by atoms with E-state index >= 15 is 0 Å². The first-order valence-corrected chi connectivity index (χ1v) is 9.73. The largest absolute Gasteiger partial charge is 0.495 e. The second kappa shape index (κ2) is 8.65. The monoisotopic (exact) mass is 345 g/mol. The van der Waals surface area contributed by atoms with Crippen molar-refractivity contribution in [2.24, 2.45) is 0 Å². The molecule has 1 saturated heterocycles. The molecule has 3 rings (SSSR count). The number of methoxy groups -OCH3 is 1. The predicted molar refractivity (Wildman–Crippen MR) is 98.7 cm³/mol. The van der Waals surface area contributed by atoms with Gasteiger partial charge in [-0.2, -0.15) is 0 Å². The lowest BCUT2D eigenvalue weighted by Crippen LogP contribution is -2.58. The molecular weight excluding hydrogens is 314 g/mol. The maximum atomic E-state index is 12.4. The Morgan fingerprint density at radius 3 is 2.52 bits per heavy atom. The van der Waals surface area contributed by atoms with Gasteiger partial charge < -0.3 is 10.1 Å². The summed E-state index contributed by atoms with van der Waals surface area (Å²) in [5.74, 6) is 0.787. The number of hydrogen-bond acceptors (Lipinski definition) is 4. The minimum atomic E-state index is 0.0691. The van der Waals surface area contributed by atoms with E-state index in [-0.39, 0.29) is 11.4 Å². The van der Waals surface area contributed by atoms with Crippen LogP contribution in [0.2, 0.25) is 0 Å². The molecule has 0 bridgehead atoms. The van der Waals surface area contributed by atoms with Gasteiger partial charge in [-0.3, -0.25) is 14.7 Å². The molecule has 1 aliphatic carbocycles. The summed E-state index contributed by atoms with van der Waals surface area (Å²) in [6, 6.07) is 3.71. The molecule has 0 unspecified atom stereocenters. The van der Waals surface area contributed by atoms with Crippen molar-refractivity contribution in [2.75, 3.05) is 26.7 Å². The fourth-order valence-corrected chi connectivity index (χ4v) is 4.31. The van der Waals surface area contributed by atoms with Gasteiger partial charge in [-0.25, -0.2) is 0 Å². The molecule has 2 fully saturated rings. The van der Waals surface area contributed by atoms with E-state index in [4.69, 9.17) is 4.74 Å². The van der Waals surface area contributed by atoms with Crippen molar-refractivity contribution in [3.8, 4) is 5.75 Å². The Morgan fingerprint density at radius 2 is 1.88 bits per heavy atom. The van der Waals surface area contributed by atoms with E-state index in [1.54, 1.807) is 13.3 Å². The van der Waals surface area contributed by atoms with E-state index in [9.17, 15) is 4.79 Å². The van der Waals surface area contributed by atoms with Gasteiger partial charge in [0.05, 0.1) is 19.7 Å². The highest BCUT2D eigenvalue weighted by Gasteiger charge is 2.38. The number of carbonyl (C=O) groups excluding carboxylic acids is 1. The standard InChI is InChI=1S/C20H31N3O2/c1-25-18-9-8-17(21-15-18)14-19(24)22-16-20(10-4-2-5-11-20)23-12-6-3-7-13-23/h8-9,15H,2-7,10-14,16H2,1H3,(H,22,24). The lowest BCUT2D eigenvalue weighted by atomic mass is 9.79. The van der Waals surface area contributed by atoms with Crippen LogP contribution in [0.4, 0.5) is 0 Å². The van der Waals surface area contributed by atoms with Gasteiger partial charge in [-0.15, -0.1) is 0 Å². The van der Waals surface area contributed by atoms with Crippen LogP contribution < -0.4 is 10.1 Å². The summed E-state index contributed by atoms with van der Waals surface area (Å²) in [6.07, 6.45) is 12.3. The van der Waals surface area contributed by atoms with Crippen molar-refractivity contribution in [3.63, 3.8) is 0 Å². The van der Waals surface area contributed by atoms with Gasteiger partial charge in [0, 0.05) is 17.8 Å². The third kappa shape index (κ3) is 4.72. The molecule has 1 N–H and O–H groups in total. The molecular formula is C20H31N3O2. The topological polar surface area (TPSA) is 54.5 Å². The first kappa shape index (κ1) is 18.2. The highest BCUT2D eigenvalue weighted by Crippen LogP contribution is 2.35. The number of nitrogens with one attached hydrogen (secondary N) is 1. The molecule has 25 heavy (non-hydrogen) atoms. The molecule has 5 heteroatoms. The van der Waals surface area contributed by atoms with Crippen molar-refractivity contribution in [2.45, 2.75) is 63.3 Å². The van der Waals surface area contributed by atoms with Crippen LogP contribution in [0.1, 0.15) is 57.1 Å². The quantitative estimate of drug-likeness (QED) is 0.861. The summed E-state index contributed by atoms with van der Waals surface area (Å²) in [4.78, 5) is 19.4. The number of carbonyl (C=O) groups is 1. The Kier molecular flexibility index (Phi) is 6.29. The average Bonchev–Trinajstić information content (AvgIpc) is 2.68. The lowest BCUT2D eigenvalue weighted by Gasteiger charge is -2.48. The molecule has 0 atom stereocenters. The van der Waals surface area contributed by atoms with Crippen LogP contribution in [0, 0.1) is 0 Å². The highest BCUT2D eigenvalue weighted by atomic mass is 16.5. The van der Waals surface area contributed by atoms with Crippen LogP contribution in [0.3, 0.4) is 0 Å². The first-order valence-electron chi connectivity index (χ1n) is 9.73.